The minimum Gasteiger partial charge on any atom is -0.421 e. The zero-order valence-corrected chi connectivity index (χ0v) is 15.7. The van der Waals surface area contributed by atoms with Gasteiger partial charge in [-0.05, 0) is 42.8 Å². The van der Waals surface area contributed by atoms with Gasteiger partial charge in [0, 0.05) is 22.1 Å². The molecule has 0 spiro atoms. The van der Waals surface area contributed by atoms with Crippen LogP contribution in [0.1, 0.15) is 13.3 Å². The van der Waals surface area contributed by atoms with Crippen LogP contribution in [0.3, 0.4) is 0 Å². The molecule has 0 fully saturated rings. The molecule has 1 aromatic heterocycles. The summed E-state index contributed by atoms with van der Waals surface area (Å²) in [6.45, 7) is 2.68. The Kier molecular flexibility index (Phi) is 5.58. The third kappa shape index (κ3) is 4.05. The van der Waals surface area contributed by atoms with Crippen molar-refractivity contribution < 1.29 is 9.21 Å². The molecule has 0 aliphatic carbocycles. The summed E-state index contributed by atoms with van der Waals surface area (Å²) < 4.78 is 6.24. The van der Waals surface area contributed by atoms with E-state index in [4.69, 9.17) is 4.42 Å². The van der Waals surface area contributed by atoms with Crippen LogP contribution in [0.2, 0.25) is 0 Å². The number of carbonyl (C=O) groups excluding carboxylic acids is 1. The molecule has 0 aliphatic heterocycles. The summed E-state index contributed by atoms with van der Waals surface area (Å²) in [5, 5.41) is 9.26. The van der Waals surface area contributed by atoms with Crippen molar-refractivity contribution in [1.82, 2.24) is 0 Å². The Morgan fingerprint density at radius 2 is 1.77 bits per heavy atom. The lowest BCUT2D eigenvalue weighted by Gasteiger charge is -2.14. The largest absolute Gasteiger partial charge is 0.421 e. The molecule has 0 atom stereocenters. The molecule has 1 heterocycles. The first-order valence-electron chi connectivity index (χ1n) is 8.21. The Balaban J connectivity index is 1.92. The highest BCUT2D eigenvalue weighted by molar-refractivity contribution is 9.10. The van der Waals surface area contributed by atoms with E-state index >= 15 is 0 Å². The maximum atomic E-state index is 12.4. The van der Waals surface area contributed by atoms with E-state index in [0.717, 1.165) is 16.3 Å². The van der Waals surface area contributed by atoms with Gasteiger partial charge in [0.25, 0.3) is 0 Å². The molecule has 0 radical (unpaired) electrons. The molecule has 3 aromatic rings. The zero-order chi connectivity index (χ0) is 18.5. The number of rotatable bonds is 5. The highest BCUT2D eigenvalue weighted by Crippen LogP contribution is 2.28. The maximum Gasteiger partial charge on any atom is 0.362 e. The van der Waals surface area contributed by atoms with Crippen molar-refractivity contribution in [2.45, 2.75) is 13.3 Å². The summed E-state index contributed by atoms with van der Waals surface area (Å²) in [5.74, 6) is 0. The molecule has 26 heavy (non-hydrogen) atoms. The van der Waals surface area contributed by atoms with Gasteiger partial charge in [0.15, 0.2) is 5.69 Å². The van der Waals surface area contributed by atoms with Crippen LogP contribution in [0, 0.1) is 0 Å². The van der Waals surface area contributed by atoms with E-state index in [1.165, 1.54) is 0 Å². The maximum absolute atomic E-state index is 12.4. The van der Waals surface area contributed by atoms with Crippen LogP contribution in [-0.4, -0.2) is 12.6 Å². The SMILES string of the molecule is CCCNc1c(NC(=O)Nc2ccc(Br)cc2)c(=O)oc2ccccc12. The van der Waals surface area contributed by atoms with Crippen molar-refractivity contribution in [2.24, 2.45) is 0 Å². The van der Waals surface area contributed by atoms with Crippen molar-refractivity contribution in [1.29, 1.82) is 0 Å². The van der Waals surface area contributed by atoms with Crippen LogP contribution in [0.25, 0.3) is 11.0 Å². The van der Waals surface area contributed by atoms with Crippen molar-refractivity contribution in [3.63, 3.8) is 0 Å². The first-order chi connectivity index (χ1) is 12.6. The molecule has 2 amide bonds. The molecule has 0 saturated carbocycles. The summed E-state index contributed by atoms with van der Waals surface area (Å²) in [4.78, 5) is 24.7. The van der Waals surface area contributed by atoms with E-state index in [0.29, 0.717) is 23.5 Å². The Morgan fingerprint density at radius 3 is 2.50 bits per heavy atom. The third-order valence-corrected chi connectivity index (χ3v) is 4.23. The van der Waals surface area contributed by atoms with E-state index in [9.17, 15) is 9.59 Å². The minimum atomic E-state index is -0.603. The smallest absolute Gasteiger partial charge is 0.362 e. The molecule has 0 bridgehead atoms. The number of para-hydroxylation sites is 1. The number of urea groups is 1. The van der Waals surface area contributed by atoms with Gasteiger partial charge in [-0.2, -0.15) is 0 Å². The Hall–Kier alpha value is -2.80. The monoisotopic (exact) mass is 415 g/mol. The van der Waals surface area contributed by atoms with Gasteiger partial charge >= 0.3 is 11.7 Å². The van der Waals surface area contributed by atoms with Crippen molar-refractivity contribution in [3.8, 4) is 0 Å². The lowest BCUT2D eigenvalue weighted by Crippen LogP contribution is -2.24. The van der Waals surface area contributed by atoms with Crippen LogP contribution in [0.4, 0.5) is 21.9 Å². The quantitative estimate of drug-likeness (QED) is 0.510. The Morgan fingerprint density at radius 1 is 1.04 bits per heavy atom. The van der Waals surface area contributed by atoms with Gasteiger partial charge in [0.2, 0.25) is 0 Å². The molecule has 0 saturated heterocycles. The fraction of sp³-hybridized carbons (Fsp3) is 0.158. The number of hydrogen-bond acceptors (Lipinski definition) is 4. The molecule has 0 aliphatic rings. The zero-order valence-electron chi connectivity index (χ0n) is 14.1. The van der Waals surface area contributed by atoms with Gasteiger partial charge in [-0.25, -0.2) is 9.59 Å². The molecule has 134 valence electrons. The van der Waals surface area contributed by atoms with E-state index < -0.39 is 11.7 Å². The number of halogens is 1. The highest BCUT2D eigenvalue weighted by Gasteiger charge is 2.16. The number of carbonyl (C=O) groups is 1. The fourth-order valence-electron chi connectivity index (χ4n) is 2.51. The van der Waals surface area contributed by atoms with Gasteiger partial charge in [0.1, 0.15) is 5.58 Å². The average molecular weight is 416 g/mol. The lowest BCUT2D eigenvalue weighted by molar-refractivity contribution is 0.262. The normalized spacial score (nSPS) is 10.5. The van der Waals surface area contributed by atoms with Crippen LogP contribution < -0.4 is 21.6 Å². The second kappa shape index (κ2) is 8.05. The predicted octanol–water partition coefficient (Wildman–Crippen LogP) is 5.02. The molecule has 3 N–H and O–H groups in total. The molecule has 7 heteroatoms. The second-order valence-electron chi connectivity index (χ2n) is 5.65. The molecule has 3 rings (SSSR count). The first-order valence-corrected chi connectivity index (χ1v) is 9.01. The van der Waals surface area contributed by atoms with Crippen LogP contribution in [-0.2, 0) is 0 Å². The third-order valence-electron chi connectivity index (χ3n) is 3.71. The summed E-state index contributed by atoms with van der Waals surface area (Å²) >= 11 is 3.34. The second-order valence-corrected chi connectivity index (χ2v) is 6.56. The van der Waals surface area contributed by atoms with E-state index in [2.05, 4.69) is 31.9 Å². The molecular weight excluding hydrogens is 398 g/mol. The number of anilines is 3. The minimum absolute atomic E-state index is 0.0896. The van der Waals surface area contributed by atoms with Crippen molar-refractivity contribution in [2.75, 3.05) is 22.5 Å². The molecule has 0 unspecified atom stereocenters. The van der Waals surface area contributed by atoms with Gasteiger partial charge in [0.05, 0.1) is 5.69 Å². The average Bonchev–Trinajstić information content (AvgIpc) is 2.63. The van der Waals surface area contributed by atoms with Gasteiger partial charge < -0.3 is 15.1 Å². The Bertz CT molecular complexity index is 983. The van der Waals surface area contributed by atoms with Crippen molar-refractivity contribution in [3.05, 3.63) is 63.4 Å². The van der Waals surface area contributed by atoms with Crippen LogP contribution >= 0.6 is 15.9 Å². The van der Waals surface area contributed by atoms with Crippen LogP contribution in [0.15, 0.2) is 62.2 Å². The first kappa shape index (κ1) is 18.0. The van der Waals surface area contributed by atoms with E-state index in [-0.39, 0.29) is 5.69 Å². The summed E-state index contributed by atoms with van der Waals surface area (Å²) in [5.41, 5.74) is 1.12. The summed E-state index contributed by atoms with van der Waals surface area (Å²) in [7, 11) is 0. The standard InChI is InChI=1S/C19H18BrN3O3/c1-2-11-21-16-14-5-3-4-6-15(14)26-18(24)17(16)23-19(25)22-13-9-7-12(20)8-10-13/h3-10,21H,2,11H2,1H3,(H2,22,23,25). The highest BCUT2D eigenvalue weighted by atomic mass is 79.9. The van der Waals surface area contributed by atoms with Crippen LogP contribution in [0.5, 0.6) is 0 Å². The summed E-state index contributed by atoms with van der Waals surface area (Å²) in [6, 6.07) is 13.8. The number of fused-ring (bicyclic) bond motifs is 1. The van der Waals surface area contributed by atoms with Gasteiger partial charge in [-0.1, -0.05) is 35.0 Å². The van der Waals surface area contributed by atoms with Gasteiger partial charge in [-0.15, -0.1) is 0 Å². The number of amides is 2. The molecule has 6 nitrogen and oxygen atoms in total. The molecular formula is C19H18BrN3O3. The Labute approximate surface area is 158 Å². The fourth-order valence-corrected chi connectivity index (χ4v) is 2.77. The topological polar surface area (TPSA) is 83.4 Å². The number of nitrogens with one attached hydrogen (secondary N) is 3. The lowest BCUT2D eigenvalue weighted by atomic mass is 10.2. The van der Waals surface area contributed by atoms with E-state index in [1.54, 1.807) is 24.3 Å². The predicted molar refractivity (Wildman–Crippen MR) is 108 cm³/mol. The van der Waals surface area contributed by atoms with Gasteiger partial charge in [-0.3, -0.25) is 5.32 Å². The van der Waals surface area contributed by atoms with Crippen molar-refractivity contribution >= 4 is 50.0 Å². The number of hydrogen-bond donors (Lipinski definition) is 3. The van der Waals surface area contributed by atoms with E-state index in [1.807, 2.05) is 31.2 Å². The molecule has 2 aromatic carbocycles. The summed E-state index contributed by atoms with van der Waals surface area (Å²) in [6.07, 6.45) is 0.874. The number of benzene rings is 2.